The van der Waals surface area contributed by atoms with Crippen molar-refractivity contribution >= 4 is 38.2 Å². The van der Waals surface area contributed by atoms with Crippen molar-refractivity contribution in [3.8, 4) is 0 Å². The Labute approximate surface area is 133 Å². The van der Waals surface area contributed by atoms with Crippen LogP contribution in [-0.2, 0) is 6.54 Å². The highest BCUT2D eigenvalue weighted by molar-refractivity contribution is 9.10. The van der Waals surface area contributed by atoms with Crippen molar-refractivity contribution in [3.05, 3.63) is 58.7 Å². The average molecular weight is 344 g/mol. The fraction of sp³-hybridized carbons (Fsp3) is 0.176. The lowest BCUT2D eigenvalue weighted by Crippen LogP contribution is -2.12. The Morgan fingerprint density at radius 1 is 1.10 bits per heavy atom. The third kappa shape index (κ3) is 3.05. The molecule has 3 nitrogen and oxygen atoms in total. The molecule has 0 amide bonds. The van der Waals surface area contributed by atoms with Crippen LogP contribution in [-0.4, -0.2) is 19.1 Å². The fourth-order valence-electron chi connectivity index (χ4n) is 2.45. The number of nitrogens with zero attached hydrogens (tertiary/aromatic N) is 1. The Kier molecular flexibility index (Phi) is 3.88. The molecular weight excluding hydrogens is 326 g/mol. The minimum absolute atomic E-state index is 0.804. The third-order valence-electron chi connectivity index (χ3n) is 3.54. The van der Waals surface area contributed by atoms with E-state index >= 15 is 0 Å². The average Bonchev–Trinajstić information content (AvgIpc) is 2.92. The summed E-state index contributed by atoms with van der Waals surface area (Å²) < 4.78 is 1.08. The Morgan fingerprint density at radius 2 is 1.95 bits per heavy atom. The summed E-state index contributed by atoms with van der Waals surface area (Å²) in [6.07, 6.45) is 1.97. The number of halogens is 1. The van der Waals surface area contributed by atoms with Gasteiger partial charge in [-0.2, -0.15) is 0 Å². The van der Waals surface area contributed by atoms with E-state index in [1.165, 1.54) is 22.2 Å². The standard InChI is InChI=1S/C17H18BrN3/c1-21(2)17-6-4-14(18)10-16(17)20-11-12-3-5-15-13(9-12)7-8-19-15/h3-10,19-20H,11H2,1-2H3. The van der Waals surface area contributed by atoms with Gasteiger partial charge in [0.2, 0.25) is 0 Å². The van der Waals surface area contributed by atoms with E-state index in [9.17, 15) is 0 Å². The molecule has 0 unspecified atom stereocenters. The van der Waals surface area contributed by atoms with Gasteiger partial charge in [-0.15, -0.1) is 0 Å². The van der Waals surface area contributed by atoms with Crippen LogP contribution in [0.5, 0.6) is 0 Å². The molecular formula is C17H18BrN3. The predicted octanol–water partition coefficient (Wildman–Crippen LogP) is 4.61. The van der Waals surface area contributed by atoms with Gasteiger partial charge in [0.15, 0.2) is 0 Å². The molecule has 2 aromatic carbocycles. The molecule has 0 fully saturated rings. The summed E-state index contributed by atoms with van der Waals surface area (Å²) >= 11 is 3.54. The first-order chi connectivity index (χ1) is 10.1. The van der Waals surface area contributed by atoms with Crippen LogP contribution in [0.25, 0.3) is 10.9 Å². The van der Waals surface area contributed by atoms with E-state index in [4.69, 9.17) is 0 Å². The van der Waals surface area contributed by atoms with Crippen LogP contribution in [0.15, 0.2) is 53.1 Å². The van der Waals surface area contributed by atoms with Gasteiger partial charge in [-0.3, -0.25) is 0 Å². The number of anilines is 2. The number of hydrogen-bond acceptors (Lipinski definition) is 2. The molecule has 0 radical (unpaired) electrons. The summed E-state index contributed by atoms with van der Waals surface area (Å²) in [6.45, 7) is 0.804. The van der Waals surface area contributed by atoms with Crippen LogP contribution >= 0.6 is 15.9 Å². The minimum Gasteiger partial charge on any atom is -0.379 e. The molecule has 3 aromatic rings. The Morgan fingerprint density at radius 3 is 2.76 bits per heavy atom. The lowest BCUT2D eigenvalue weighted by atomic mass is 10.1. The van der Waals surface area contributed by atoms with Crippen LogP contribution in [0, 0.1) is 0 Å². The number of hydrogen-bond donors (Lipinski definition) is 2. The van der Waals surface area contributed by atoms with Crippen molar-refractivity contribution in [2.24, 2.45) is 0 Å². The minimum atomic E-state index is 0.804. The fourth-order valence-corrected chi connectivity index (χ4v) is 2.81. The van der Waals surface area contributed by atoms with E-state index in [1.54, 1.807) is 0 Å². The highest BCUT2D eigenvalue weighted by atomic mass is 79.9. The summed E-state index contributed by atoms with van der Waals surface area (Å²) in [6, 6.07) is 14.9. The molecule has 0 aliphatic rings. The lowest BCUT2D eigenvalue weighted by Gasteiger charge is -2.19. The Hall–Kier alpha value is -1.94. The number of aromatic nitrogens is 1. The topological polar surface area (TPSA) is 31.1 Å². The first-order valence-electron chi connectivity index (χ1n) is 6.90. The van der Waals surface area contributed by atoms with Gasteiger partial charge in [0.25, 0.3) is 0 Å². The van der Waals surface area contributed by atoms with E-state index in [2.05, 4.69) is 87.7 Å². The van der Waals surface area contributed by atoms with Crippen molar-refractivity contribution in [2.45, 2.75) is 6.54 Å². The lowest BCUT2D eigenvalue weighted by molar-refractivity contribution is 1.10. The van der Waals surface area contributed by atoms with E-state index in [0.29, 0.717) is 0 Å². The monoisotopic (exact) mass is 343 g/mol. The Balaban J connectivity index is 1.82. The second-order valence-corrected chi connectivity index (χ2v) is 6.22. The maximum atomic E-state index is 3.54. The Bertz CT molecular complexity index is 762. The van der Waals surface area contributed by atoms with E-state index < -0.39 is 0 Å². The molecule has 0 spiro atoms. The molecule has 21 heavy (non-hydrogen) atoms. The van der Waals surface area contributed by atoms with Gasteiger partial charge < -0.3 is 15.2 Å². The molecule has 0 atom stereocenters. The maximum Gasteiger partial charge on any atom is 0.0597 e. The third-order valence-corrected chi connectivity index (χ3v) is 4.03. The molecule has 1 heterocycles. The van der Waals surface area contributed by atoms with Crippen LogP contribution < -0.4 is 10.2 Å². The molecule has 0 aliphatic carbocycles. The number of fused-ring (bicyclic) bond motifs is 1. The van der Waals surface area contributed by atoms with Crippen molar-refractivity contribution < 1.29 is 0 Å². The van der Waals surface area contributed by atoms with Crippen LogP contribution in [0.4, 0.5) is 11.4 Å². The van der Waals surface area contributed by atoms with Gasteiger partial charge in [-0.05, 0) is 47.3 Å². The van der Waals surface area contributed by atoms with Gasteiger partial charge >= 0.3 is 0 Å². The van der Waals surface area contributed by atoms with E-state index in [0.717, 1.165) is 16.7 Å². The highest BCUT2D eigenvalue weighted by Crippen LogP contribution is 2.28. The first kappa shape index (κ1) is 14.0. The summed E-state index contributed by atoms with van der Waals surface area (Å²) in [5.41, 5.74) is 4.76. The maximum absolute atomic E-state index is 3.54. The highest BCUT2D eigenvalue weighted by Gasteiger charge is 2.05. The summed E-state index contributed by atoms with van der Waals surface area (Å²) in [5, 5.41) is 4.77. The van der Waals surface area contributed by atoms with E-state index in [-0.39, 0.29) is 0 Å². The number of aromatic amines is 1. The smallest absolute Gasteiger partial charge is 0.0597 e. The van der Waals surface area contributed by atoms with Crippen molar-refractivity contribution in [3.63, 3.8) is 0 Å². The SMILES string of the molecule is CN(C)c1ccc(Br)cc1NCc1ccc2[nH]ccc2c1. The van der Waals surface area contributed by atoms with Crippen LogP contribution in [0.2, 0.25) is 0 Å². The number of benzene rings is 2. The molecule has 0 bridgehead atoms. The van der Waals surface area contributed by atoms with Crippen LogP contribution in [0.1, 0.15) is 5.56 Å². The number of nitrogens with one attached hydrogen (secondary N) is 2. The normalized spacial score (nSPS) is 10.8. The zero-order valence-electron chi connectivity index (χ0n) is 12.2. The summed E-state index contributed by atoms with van der Waals surface area (Å²) in [4.78, 5) is 5.33. The largest absolute Gasteiger partial charge is 0.379 e. The molecule has 4 heteroatoms. The molecule has 0 saturated carbocycles. The van der Waals surface area contributed by atoms with Gasteiger partial charge in [0.1, 0.15) is 0 Å². The second-order valence-electron chi connectivity index (χ2n) is 5.31. The van der Waals surface area contributed by atoms with E-state index in [1.807, 2.05) is 6.20 Å². The summed E-state index contributed by atoms with van der Waals surface area (Å²) in [5.74, 6) is 0. The van der Waals surface area contributed by atoms with Crippen molar-refractivity contribution in [1.82, 2.24) is 4.98 Å². The second kappa shape index (κ2) is 5.82. The van der Waals surface area contributed by atoms with Gasteiger partial charge in [-0.1, -0.05) is 22.0 Å². The zero-order valence-corrected chi connectivity index (χ0v) is 13.7. The molecule has 3 rings (SSSR count). The molecule has 108 valence electrons. The first-order valence-corrected chi connectivity index (χ1v) is 7.69. The van der Waals surface area contributed by atoms with Crippen molar-refractivity contribution in [1.29, 1.82) is 0 Å². The molecule has 1 aromatic heterocycles. The van der Waals surface area contributed by atoms with Gasteiger partial charge in [0, 0.05) is 36.8 Å². The van der Waals surface area contributed by atoms with Crippen molar-refractivity contribution in [2.75, 3.05) is 24.3 Å². The van der Waals surface area contributed by atoms with Crippen LogP contribution in [0.3, 0.4) is 0 Å². The van der Waals surface area contributed by atoms with Gasteiger partial charge in [0.05, 0.1) is 11.4 Å². The number of H-pyrrole nitrogens is 1. The predicted molar refractivity (Wildman–Crippen MR) is 94.1 cm³/mol. The molecule has 0 saturated heterocycles. The zero-order chi connectivity index (χ0) is 14.8. The molecule has 0 aliphatic heterocycles. The quantitative estimate of drug-likeness (QED) is 0.724. The molecule has 2 N–H and O–H groups in total. The summed E-state index contributed by atoms with van der Waals surface area (Å²) in [7, 11) is 4.11. The van der Waals surface area contributed by atoms with Gasteiger partial charge in [-0.25, -0.2) is 0 Å². The number of rotatable bonds is 4.